The molecule has 0 radical (unpaired) electrons. The van der Waals surface area contributed by atoms with Crippen LogP contribution in [0.3, 0.4) is 0 Å². The molecule has 1 aromatic carbocycles. The van der Waals surface area contributed by atoms with Crippen LogP contribution >= 0.6 is 0 Å². The molecule has 0 saturated carbocycles. The Kier molecular flexibility index (Phi) is 3.98. The van der Waals surface area contributed by atoms with E-state index in [9.17, 15) is 0 Å². The van der Waals surface area contributed by atoms with Gasteiger partial charge in [-0.25, -0.2) is 0 Å². The van der Waals surface area contributed by atoms with Crippen molar-refractivity contribution in [3.8, 4) is 5.75 Å². The molecule has 0 heterocycles. The van der Waals surface area contributed by atoms with Crippen LogP contribution in [0.1, 0.15) is 45.7 Å². The van der Waals surface area contributed by atoms with Crippen LogP contribution in [0.4, 0.5) is 0 Å². The van der Waals surface area contributed by atoms with Gasteiger partial charge in [-0.3, -0.25) is 0 Å². The van der Waals surface area contributed by atoms with Gasteiger partial charge in [-0.1, -0.05) is 32.9 Å². The lowest BCUT2D eigenvalue weighted by atomic mass is 9.85. The van der Waals surface area contributed by atoms with Crippen molar-refractivity contribution >= 4 is 0 Å². The largest absolute Gasteiger partial charge is 0.491 e. The van der Waals surface area contributed by atoms with E-state index in [1.807, 2.05) is 26.0 Å². The first kappa shape index (κ1) is 13.0. The second-order valence-electron chi connectivity index (χ2n) is 5.45. The summed E-state index contributed by atoms with van der Waals surface area (Å²) in [6.07, 6.45) is 0.199. The highest BCUT2D eigenvalue weighted by molar-refractivity contribution is 5.41. The van der Waals surface area contributed by atoms with Gasteiger partial charge in [0.2, 0.25) is 0 Å². The molecule has 0 aliphatic heterocycles. The van der Waals surface area contributed by atoms with Crippen molar-refractivity contribution in [3.05, 3.63) is 29.3 Å². The zero-order valence-electron chi connectivity index (χ0n) is 11.0. The van der Waals surface area contributed by atoms with E-state index in [1.54, 1.807) is 0 Å². The van der Waals surface area contributed by atoms with Gasteiger partial charge in [0, 0.05) is 6.54 Å². The number of ether oxygens (including phenoxy) is 1. The fourth-order valence-corrected chi connectivity index (χ4v) is 1.65. The minimum Gasteiger partial charge on any atom is -0.491 e. The molecule has 2 heteroatoms. The van der Waals surface area contributed by atoms with E-state index in [-0.39, 0.29) is 11.5 Å². The van der Waals surface area contributed by atoms with Crippen LogP contribution in [0.15, 0.2) is 18.2 Å². The van der Waals surface area contributed by atoms with Crippen molar-refractivity contribution in [1.82, 2.24) is 0 Å². The summed E-state index contributed by atoms with van der Waals surface area (Å²) in [7, 11) is 0. The molecule has 90 valence electrons. The van der Waals surface area contributed by atoms with Gasteiger partial charge >= 0.3 is 0 Å². The number of nitrogens with two attached hydrogens (primary N) is 1. The molecule has 0 unspecified atom stereocenters. The summed E-state index contributed by atoms with van der Waals surface area (Å²) >= 11 is 0. The molecule has 1 rings (SSSR count). The van der Waals surface area contributed by atoms with Gasteiger partial charge in [0.1, 0.15) is 5.75 Å². The maximum absolute atomic E-state index is 5.83. The summed E-state index contributed by atoms with van der Waals surface area (Å²) in [5, 5.41) is 0. The van der Waals surface area contributed by atoms with Gasteiger partial charge in [-0.05, 0) is 36.5 Å². The minimum atomic E-state index is 0.0788. The smallest absolute Gasteiger partial charge is 0.123 e. The lowest BCUT2D eigenvalue weighted by molar-refractivity contribution is 0.236. The van der Waals surface area contributed by atoms with Gasteiger partial charge in [0.15, 0.2) is 0 Å². The van der Waals surface area contributed by atoms with Crippen LogP contribution in [-0.4, -0.2) is 6.10 Å². The SMILES string of the molecule is CC(C)Oc1ccc(CN)cc1C(C)(C)C. The van der Waals surface area contributed by atoms with Crippen molar-refractivity contribution in [2.75, 3.05) is 0 Å². The average Bonchev–Trinajstić information content (AvgIpc) is 2.15. The summed E-state index contributed by atoms with van der Waals surface area (Å²) in [6, 6.07) is 6.22. The van der Waals surface area contributed by atoms with Crippen molar-refractivity contribution in [1.29, 1.82) is 0 Å². The van der Waals surface area contributed by atoms with Gasteiger partial charge in [-0.2, -0.15) is 0 Å². The van der Waals surface area contributed by atoms with Crippen molar-refractivity contribution in [2.45, 2.75) is 52.7 Å². The molecule has 16 heavy (non-hydrogen) atoms. The Morgan fingerprint density at radius 1 is 1.25 bits per heavy atom. The molecule has 0 atom stereocenters. The summed E-state index contributed by atoms with van der Waals surface area (Å²) < 4.78 is 5.83. The summed E-state index contributed by atoms with van der Waals surface area (Å²) in [6.45, 7) is 11.2. The highest BCUT2D eigenvalue weighted by Crippen LogP contribution is 2.32. The molecular formula is C14H23NO. The van der Waals surface area contributed by atoms with E-state index in [4.69, 9.17) is 10.5 Å². The highest BCUT2D eigenvalue weighted by atomic mass is 16.5. The Morgan fingerprint density at radius 2 is 1.88 bits per heavy atom. The van der Waals surface area contributed by atoms with Gasteiger partial charge < -0.3 is 10.5 Å². The summed E-state index contributed by atoms with van der Waals surface area (Å²) in [5.41, 5.74) is 8.13. The Labute approximate surface area is 98.8 Å². The third-order valence-electron chi connectivity index (χ3n) is 2.45. The van der Waals surface area contributed by atoms with Crippen molar-refractivity contribution in [3.63, 3.8) is 0 Å². The molecule has 0 spiro atoms. The Bertz CT molecular complexity index is 350. The Balaban J connectivity index is 3.17. The second-order valence-corrected chi connectivity index (χ2v) is 5.45. The molecular weight excluding hydrogens is 198 g/mol. The van der Waals surface area contributed by atoms with Crippen LogP contribution in [0.5, 0.6) is 5.75 Å². The van der Waals surface area contributed by atoms with Crippen LogP contribution in [0, 0.1) is 0 Å². The molecule has 2 nitrogen and oxygen atoms in total. The Morgan fingerprint density at radius 3 is 2.31 bits per heavy atom. The topological polar surface area (TPSA) is 35.2 Å². The molecule has 1 aromatic rings. The normalized spacial score (nSPS) is 11.9. The predicted octanol–water partition coefficient (Wildman–Crippen LogP) is 3.23. The van der Waals surface area contributed by atoms with E-state index in [0.717, 1.165) is 11.3 Å². The number of rotatable bonds is 3. The fraction of sp³-hybridized carbons (Fsp3) is 0.571. The van der Waals surface area contributed by atoms with E-state index >= 15 is 0 Å². The quantitative estimate of drug-likeness (QED) is 0.850. The van der Waals surface area contributed by atoms with Gasteiger partial charge in [-0.15, -0.1) is 0 Å². The molecule has 0 aliphatic carbocycles. The molecule has 0 bridgehead atoms. The third-order valence-corrected chi connectivity index (χ3v) is 2.45. The minimum absolute atomic E-state index is 0.0788. The third kappa shape index (κ3) is 3.24. The average molecular weight is 221 g/mol. The van der Waals surface area contributed by atoms with Crippen molar-refractivity contribution in [2.24, 2.45) is 5.73 Å². The van der Waals surface area contributed by atoms with E-state index in [0.29, 0.717) is 6.54 Å². The van der Waals surface area contributed by atoms with Crippen LogP contribution in [0.2, 0.25) is 0 Å². The predicted molar refractivity (Wildman–Crippen MR) is 68.8 cm³/mol. The number of benzene rings is 1. The maximum Gasteiger partial charge on any atom is 0.123 e. The standard InChI is InChI=1S/C14H23NO/c1-10(2)16-13-7-6-11(9-15)8-12(13)14(3,4)5/h6-8,10H,9,15H2,1-5H3. The van der Waals surface area contributed by atoms with E-state index < -0.39 is 0 Å². The summed E-state index contributed by atoms with van der Waals surface area (Å²) in [5.74, 6) is 0.972. The summed E-state index contributed by atoms with van der Waals surface area (Å²) in [4.78, 5) is 0. The lowest BCUT2D eigenvalue weighted by Crippen LogP contribution is -2.16. The molecule has 0 aromatic heterocycles. The van der Waals surface area contributed by atoms with Crippen LogP contribution in [-0.2, 0) is 12.0 Å². The van der Waals surface area contributed by atoms with Gasteiger partial charge in [0.05, 0.1) is 6.10 Å². The lowest BCUT2D eigenvalue weighted by Gasteiger charge is -2.24. The van der Waals surface area contributed by atoms with Crippen LogP contribution < -0.4 is 10.5 Å². The molecule has 0 aliphatic rings. The maximum atomic E-state index is 5.83. The van der Waals surface area contributed by atoms with E-state index in [1.165, 1.54) is 5.56 Å². The second kappa shape index (κ2) is 4.88. The molecule has 2 N–H and O–H groups in total. The number of hydrogen-bond donors (Lipinski definition) is 1. The van der Waals surface area contributed by atoms with Gasteiger partial charge in [0.25, 0.3) is 0 Å². The zero-order chi connectivity index (χ0) is 12.3. The first-order chi connectivity index (χ1) is 7.34. The first-order valence-corrected chi connectivity index (χ1v) is 5.84. The Hall–Kier alpha value is -1.02. The first-order valence-electron chi connectivity index (χ1n) is 5.84. The molecule has 0 saturated heterocycles. The highest BCUT2D eigenvalue weighted by Gasteiger charge is 2.19. The fourth-order valence-electron chi connectivity index (χ4n) is 1.65. The number of hydrogen-bond acceptors (Lipinski definition) is 2. The molecule has 0 fully saturated rings. The van der Waals surface area contributed by atoms with E-state index in [2.05, 4.69) is 26.8 Å². The van der Waals surface area contributed by atoms with Crippen LogP contribution in [0.25, 0.3) is 0 Å². The zero-order valence-corrected chi connectivity index (χ0v) is 11.0. The van der Waals surface area contributed by atoms with Crippen molar-refractivity contribution < 1.29 is 4.74 Å². The molecule has 0 amide bonds. The monoisotopic (exact) mass is 221 g/mol.